The molecule has 0 radical (unpaired) electrons. The summed E-state index contributed by atoms with van der Waals surface area (Å²) in [4.78, 5) is 9.57. The van der Waals surface area contributed by atoms with Gasteiger partial charge in [0.15, 0.2) is 5.96 Å². The minimum absolute atomic E-state index is 0. The third-order valence-corrected chi connectivity index (χ3v) is 7.62. The summed E-state index contributed by atoms with van der Waals surface area (Å²) >= 11 is 0. The maximum absolute atomic E-state index is 6.07. The largest absolute Gasteiger partial charge is 0.492 e. The van der Waals surface area contributed by atoms with Gasteiger partial charge in [-0.2, -0.15) is 0 Å². The van der Waals surface area contributed by atoms with Gasteiger partial charge in [-0.3, -0.25) is 9.89 Å². The Balaban J connectivity index is 0.00000218. The molecule has 0 bridgehead atoms. The number of benzene rings is 1. The highest BCUT2D eigenvalue weighted by Crippen LogP contribution is 2.62. The summed E-state index contributed by atoms with van der Waals surface area (Å²) in [5.41, 5.74) is 0.397. The van der Waals surface area contributed by atoms with Gasteiger partial charge in [0.05, 0.1) is 6.10 Å². The number of para-hydroxylation sites is 1. The molecule has 0 amide bonds. The molecule has 0 aromatic heterocycles. The molecule has 7 heteroatoms. The number of hydrogen-bond acceptors (Lipinski definition) is 4. The van der Waals surface area contributed by atoms with Crippen LogP contribution < -0.4 is 10.1 Å². The lowest BCUT2D eigenvalue weighted by Crippen LogP contribution is -2.73. The van der Waals surface area contributed by atoms with Crippen molar-refractivity contribution in [2.24, 2.45) is 16.3 Å². The summed E-state index contributed by atoms with van der Waals surface area (Å²) in [6.45, 7) is 6.82. The van der Waals surface area contributed by atoms with Crippen LogP contribution in [0, 0.1) is 11.3 Å². The van der Waals surface area contributed by atoms with Crippen molar-refractivity contribution >= 4 is 29.9 Å². The highest BCUT2D eigenvalue weighted by Gasteiger charge is 2.66. The smallest absolute Gasteiger partial charge is 0.193 e. The molecule has 1 spiro atoms. The second-order valence-electron chi connectivity index (χ2n) is 8.99. The van der Waals surface area contributed by atoms with Crippen molar-refractivity contribution in [3.63, 3.8) is 0 Å². The normalized spacial score (nSPS) is 30.1. The number of hydrogen-bond donors (Lipinski definition) is 1. The van der Waals surface area contributed by atoms with Crippen molar-refractivity contribution in [3.05, 3.63) is 30.3 Å². The Morgan fingerprint density at radius 1 is 1.20 bits per heavy atom. The summed E-state index contributed by atoms with van der Waals surface area (Å²) in [6.07, 6.45) is 5.70. The fourth-order valence-corrected chi connectivity index (χ4v) is 5.88. The lowest BCUT2D eigenvalue weighted by molar-refractivity contribution is -0.171. The van der Waals surface area contributed by atoms with E-state index in [1.807, 2.05) is 37.4 Å². The summed E-state index contributed by atoms with van der Waals surface area (Å²) < 4.78 is 11.9. The van der Waals surface area contributed by atoms with Crippen LogP contribution in [0.15, 0.2) is 35.3 Å². The molecule has 3 atom stereocenters. The Bertz CT molecular complexity index is 719. The van der Waals surface area contributed by atoms with Crippen molar-refractivity contribution in [3.8, 4) is 5.75 Å². The molecule has 1 aromatic carbocycles. The molecule has 4 fully saturated rings. The number of nitrogens with one attached hydrogen (secondary N) is 1. The van der Waals surface area contributed by atoms with Crippen molar-refractivity contribution in [2.45, 2.75) is 37.8 Å². The molecule has 6 nitrogen and oxygen atoms in total. The minimum atomic E-state index is 0. The maximum atomic E-state index is 6.07. The van der Waals surface area contributed by atoms with Gasteiger partial charge in [-0.1, -0.05) is 24.6 Å². The lowest BCUT2D eigenvalue weighted by Gasteiger charge is -2.63. The molecule has 5 rings (SSSR count). The van der Waals surface area contributed by atoms with Crippen LogP contribution in [0.1, 0.15) is 25.7 Å². The van der Waals surface area contributed by atoms with Gasteiger partial charge in [0.1, 0.15) is 12.4 Å². The van der Waals surface area contributed by atoms with E-state index in [9.17, 15) is 0 Å². The highest BCUT2D eigenvalue weighted by atomic mass is 127. The van der Waals surface area contributed by atoms with Gasteiger partial charge in [0.25, 0.3) is 0 Å². The van der Waals surface area contributed by atoms with E-state index in [4.69, 9.17) is 9.47 Å². The molecule has 2 heterocycles. The van der Waals surface area contributed by atoms with Crippen molar-refractivity contribution < 1.29 is 9.47 Å². The molecular weight excluding hydrogens is 491 g/mol. The minimum Gasteiger partial charge on any atom is -0.492 e. The summed E-state index contributed by atoms with van der Waals surface area (Å²) in [5.74, 6) is 2.73. The number of rotatable bonds is 5. The van der Waals surface area contributed by atoms with E-state index in [1.54, 1.807) is 0 Å². The standard InChI is InChI=1S/C23H34N4O2.HI/c1-24-22(25-20-19-8-16-29-21(19)23(20)9-5-10-23)27-13-11-26(12-14-27)15-17-28-18-6-3-2-4-7-18;/h2-4,6-7,19-21H,5,8-17H2,1H3,(H,24,25);1H. The maximum Gasteiger partial charge on any atom is 0.193 e. The molecule has 2 aliphatic heterocycles. The van der Waals surface area contributed by atoms with E-state index in [-0.39, 0.29) is 24.0 Å². The van der Waals surface area contributed by atoms with Crippen LogP contribution in [-0.4, -0.2) is 80.9 Å². The Hall–Kier alpha value is -1.06. The van der Waals surface area contributed by atoms with Crippen LogP contribution in [0.5, 0.6) is 5.75 Å². The number of ether oxygens (including phenoxy) is 2. The fourth-order valence-electron chi connectivity index (χ4n) is 5.88. The van der Waals surface area contributed by atoms with E-state index < -0.39 is 0 Å². The van der Waals surface area contributed by atoms with E-state index in [2.05, 4.69) is 20.1 Å². The Morgan fingerprint density at radius 3 is 2.63 bits per heavy atom. The summed E-state index contributed by atoms with van der Waals surface area (Å²) in [6, 6.07) is 10.6. The molecule has 3 unspecified atom stereocenters. The number of guanidine groups is 1. The number of piperazine rings is 1. The molecule has 1 N–H and O–H groups in total. The Morgan fingerprint density at radius 2 is 1.97 bits per heavy atom. The van der Waals surface area contributed by atoms with Gasteiger partial charge in [-0.15, -0.1) is 24.0 Å². The molecule has 4 aliphatic rings. The number of fused-ring (bicyclic) bond motifs is 2. The average molecular weight is 526 g/mol. The Kier molecular flexibility index (Phi) is 7.09. The second kappa shape index (κ2) is 9.61. The first-order valence-electron chi connectivity index (χ1n) is 11.3. The molecule has 166 valence electrons. The zero-order valence-corrected chi connectivity index (χ0v) is 20.3. The van der Waals surface area contributed by atoms with E-state index in [0.717, 1.165) is 57.6 Å². The third-order valence-electron chi connectivity index (χ3n) is 7.62. The van der Waals surface area contributed by atoms with Crippen LogP contribution in [-0.2, 0) is 4.74 Å². The quantitative estimate of drug-likeness (QED) is 0.364. The predicted molar refractivity (Wildman–Crippen MR) is 130 cm³/mol. The van der Waals surface area contributed by atoms with Crippen LogP contribution in [0.4, 0.5) is 0 Å². The summed E-state index contributed by atoms with van der Waals surface area (Å²) in [5, 5.41) is 3.87. The fraction of sp³-hybridized carbons (Fsp3) is 0.696. The third kappa shape index (κ3) is 4.05. The second-order valence-corrected chi connectivity index (χ2v) is 8.99. The molecule has 2 saturated carbocycles. The number of aliphatic imine (C=N–C) groups is 1. The van der Waals surface area contributed by atoms with Gasteiger partial charge >= 0.3 is 0 Å². The zero-order valence-electron chi connectivity index (χ0n) is 18.0. The molecule has 1 aromatic rings. The van der Waals surface area contributed by atoms with Gasteiger partial charge in [0, 0.05) is 63.8 Å². The lowest BCUT2D eigenvalue weighted by atomic mass is 9.46. The van der Waals surface area contributed by atoms with E-state index in [0.29, 0.717) is 23.5 Å². The van der Waals surface area contributed by atoms with E-state index in [1.165, 1.54) is 25.7 Å². The number of nitrogens with zero attached hydrogens (tertiary/aromatic N) is 3. The SMILES string of the molecule is CN=C(NC1C2CCOC2C12CCC2)N1CCN(CCOc2ccccc2)CC1.I. The van der Waals surface area contributed by atoms with Crippen LogP contribution in [0.25, 0.3) is 0 Å². The Labute approximate surface area is 197 Å². The highest BCUT2D eigenvalue weighted by molar-refractivity contribution is 14.0. The summed E-state index contributed by atoms with van der Waals surface area (Å²) in [7, 11) is 1.93. The van der Waals surface area contributed by atoms with Crippen LogP contribution in [0.3, 0.4) is 0 Å². The van der Waals surface area contributed by atoms with Gasteiger partial charge < -0.3 is 19.7 Å². The topological polar surface area (TPSA) is 49.3 Å². The van der Waals surface area contributed by atoms with Gasteiger partial charge in [0.2, 0.25) is 0 Å². The van der Waals surface area contributed by atoms with Crippen molar-refractivity contribution in [2.75, 3.05) is 53.0 Å². The first-order valence-corrected chi connectivity index (χ1v) is 11.3. The van der Waals surface area contributed by atoms with Crippen molar-refractivity contribution in [1.82, 2.24) is 15.1 Å². The van der Waals surface area contributed by atoms with Gasteiger partial charge in [-0.25, -0.2) is 0 Å². The number of halogens is 1. The zero-order chi connectivity index (χ0) is 19.7. The van der Waals surface area contributed by atoms with E-state index >= 15 is 0 Å². The molecule has 2 aliphatic carbocycles. The molecule has 30 heavy (non-hydrogen) atoms. The molecule has 2 saturated heterocycles. The first-order chi connectivity index (χ1) is 14.3. The van der Waals surface area contributed by atoms with Crippen molar-refractivity contribution in [1.29, 1.82) is 0 Å². The monoisotopic (exact) mass is 526 g/mol. The van der Waals surface area contributed by atoms with Crippen LogP contribution in [0.2, 0.25) is 0 Å². The molecular formula is C23H35IN4O2. The average Bonchev–Trinajstić information content (AvgIpc) is 3.14. The first kappa shape index (κ1) is 22.1. The predicted octanol–water partition coefficient (Wildman–Crippen LogP) is 2.83. The van der Waals surface area contributed by atoms with Crippen LogP contribution >= 0.6 is 24.0 Å². The van der Waals surface area contributed by atoms with Gasteiger partial charge in [-0.05, 0) is 31.4 Å².